The zero-order chi connectivity index (χ0) is 14.1. The van der Waals surface area contributed by atoms with E-state index in [1.807, 2.05) is 0 Å². The van der Waals surface area contributed by atoms with Crippen LogP contribution in [-0.4, -0.2) is 4.83 Å². The predicted octanol–water partition coefficient (Wildman–Crippen LogP) is 6.96. The second-order valence-electron chi connectivity index (χ2n) is 7.00. The molecule has 1 rings (SSSR count). The third kappa shape index (κ3) is 7.16. The van der Waals surface area contributed by atoms with Crippen LogP contribution in [-0.2, 0) is 0 Å². The Balaban J connectivity index is 2.09. The van der Waals surface area contributed by atoms with Gasteiger partial charge in [0.2, 0.25) is 0 Å². The number of unbranched alkanes of at least 4 members (excludes halogenated alkanes) is 6. The molecule has 1 heteroatoms. The average molecular weight is 331 g/mol. The molecule has 0 nitrogen and oxygen atoms in total. The number of alkyl halides is 1. The van der Waals surface area contributed by atoms with Crippen LogP contribution >= 0.6 is 15.9 Å². The molecule has 1 fully saturated rings. The first-order valence-electron chi connectivity index (χ1n) is 8.79. The number of halogens is 1. The number of hydrogen-bond donors (Lipinski definition) is 0. The van der Waals surface area contributed by atoms with Gasteiger partial charge in [-0.3, -0.25) is 0 Å². The van der Waals surface area contributed by atoms with Crippen molar-refractivity contribution in [3.8, 4) is 0 Å². The van der Waals surface area contributed by atoms with Gasteiger partial charge < -0.3 is 0 Å². The van der Waals surface area contributed by atoms with Crippen LogP contribution in [0.4, 0.5) is 0 Å². The summed E-state index contributed by atoms with van der Waals surface area (Å²) in [7, 11) is 0. The Morgan fingerprint density at radius 1 is 0.947 bits per heavy atom. The van der Waals surface area contributed by atoms with Crippen LogP contribution < -0.4 is 0 Å². The monoisotopic (exact) mass is 330 g/mol. The summed E-state index contributed by atoms with van der Waals surface area (Å²) in [4.78, 5) is 0.808. The highest BCUT2D eigenvalue weighted by molar-refractivity contribution is 9.09. The summed E-state index contributed by atoms with van der Waals surface area (Å²) in [5, 5.41) is 0. The first kappa shape index (κ1) is 17.5. The Morgan fingerprint density at radius 2 is 1.58 bits per heavy atom. The lowest BCUT2D eigenvalue weighted by atomic mass is 9.74. The zero-order valence-corrected chi connectivity index (χ0v) is 15.1. The van der Waals surface area contributed by atoms with Crippen molar-refractivity contribution >= 4 is 15.9 Å². The standard InChI is InChI=1S/C18H35Br/c1-4-5-6-7-8-9-10-11-17-14-16(15(2)3)12-13-18(17)19/h15-18H,4-14H2,1-3H3. The Morgan fingerprint density at radius 3 is 2.21 bits per heavy atom. The first-order chi connectivity index (χ1) is 9.15. The fourth-order valence-corrected chi connectivity index (χ4v) is 4.28. The lowest BCUT2D eigenvalue weighted by Crippen LogP contribution is -2.27. The first-order valence-corrected chi connectivity index (χ1v) is 9.70. The van der Waals surface area contributed by atoms with Crippen molar-refractivity contribution in [3.63, 3.8) is 0 Å². The summed E-state index contributed by atoms with van der Waals surface area (Å²) >= 11 is 3.93. The molecular weight excluding hydrogens is 296 g/mol. The molecule has 0 heterocycles. The van der Waals surface area contributed by atoms with E-state index in [0.29, 0.717) is 0 Å². The smallest absolute Gasteiger partial charge is 0.0174 e. The molecule has 1 aliphatic rings. The van der Waals surface area contributed by atoms with Crippen molar-refractivity contribution in [1.82, 2.24) is 0 Å². The van der Waals surface area contributed by atoms with Gasteiger partial charge in [-0.2, -0.15) is 0 Å². The van der Waals surface area contributed by atoms with Crippen molar-refractivity contribution in [1.29, 1.82) is 0 Å². The molecule has 0 bridgehead atoms. The van der Waals surface area contributed by atoms with E-state index in [-0.39, 0.29) is 0 Å². The summed E-state index contributed by atoms with van der Waals surface area (Å²) in [5.74, 6) is 2.83. The van der Waals surface area contributed by atoms with Crippen LogP contribution in [0, 0.1) is 17.8 Å². The van der Waals surface area contributed by atoms with Crippen LogP contribution in [0.25, 0.3) is 0 Å². The van der Waals surface area contributed by atoms with E-state index in [4.69, 9.17) is 0 Å². The van der Waals surface area contributed by atoms with Gasteiger partial charge in [-0.1, -0.05) is 81.6 Å². The van der Waals surface area contributed by atoms with E-state index >= 15 is 0 Å². The lowest BCUT2D eigenvalue weighted by molar-refractivity contribution is 0.212. The maximum absolute atomic E-state index is 3.93. The van der Waals surface area contributed by atoms with E-state index in [1.54, 1.807) is 0 Å². The average Bonchev–Trinajstić information content (AvgIpc) is 2.39. The van der Waals surface area contributed by atoms with Crippen LogP contribution in [0.1, 0.15) is 91.4 Å². The van der Waals surface area contributed by atoms with Crippen molar-refractivity contribution in [2.75, 3.05) is 0 Å². The van der Waals surface area contributed by atoms with Crippen molar-refractivity contribution < 1.29 is 0 Å². The van der Waals surface area contributed by atoms with E-state index in [1.165, 1.54) is 70.6 Å². The van der Waals surface area contributed by atoms with Crippen LogP contribution in [0.15, 0.2) is 0 Å². The molecule has 0 aromatic carbocycles. The highest BCUT2D eigenvalue weighted by atomic mass is 79.9. The van der Waals surface area contributed by atoms with Gasteiger partial charge in [-0.25, -0.2) is 0 Å². The molecule has 0 aromatic rings. The molecule has 0 saturated heterocycles. The minimum absolute atomic E-state index is 0.808. The highest BCUT2D eigenvalue weighted by Crippen LogP contribution is 2.39. The third-order valence-corrected chi connectivity index (χ3v) is 6.26. The SMILES string of the molecule is CCCCCCCCCC1CC(C(C)C)CCC1Br. The summed E-state index contributed by atoms with van der Waals surface area (Å²) in [5.41, 5.74) is 0. The Bertz CT molecular complexity index is 212. The van der Waals surface area contributed by atoms with Crippen LogP contribution in [0.5, 0.6) is 0 Å². The maximum Gasteiger partial charge on any atom is 0.0174 e. The van der Waals surface area contributed by atoms with Gasteiger partial charge in [0.1, 0.15) is 0 Å². The number of hydrogen-bond acceptors (Lipinski definition) is 0. The molecule has 0 radical (unpaired) electrons. The zero-order valence-electron chi connectivity index (χ0n) is 13.5. The maximum atomic E-state index is 3.93. The molecule has 3 atom stereocenters. The van der Waals surface area contributed by atoms with Gasteiger partial charge >= 0.3 is 0 Å². The normalized spacial score (nSPS) is 27.9. The molecule has 0 spiro atoms. The van der Waals surface area contributed by atoms with E-state index in [0.717, 1.165) is 22.6 Å². The largest absolute Gasteiger partial charge is 0.0888 e. The third-order valence-electron chi connectivity index (χ3n) is 5.05. The molecule has 114 valence electrons. The topological polar surface area (TPSA) is 0 Å². The lowest BCUT2D eigenvalue weighted by Gasteiger charge is -2.35. The fraction of sp³-hybridized carbons (Fsp3) is 1.00. The number of rotatable bonds is 9. The van der Waals surface area contributed by atoms with Gasteiger partial charge in [0.15, 0.2) is 0 Å². The van der Waals surface area contributed by atoms with Crippen molar-refractivity contribution in [2.24, 2.45) is 17.8 Å². The molecule has 0 aromatic heterocycles. The van der Waals surface area contributed by atoms with Crippen LogP contribution in [0.2, 0.25) is 0 Å². The van der Waals surface area contributed by atoms with Crippen LogP contribution in [0.3, 0.4) is 0 Å². The minimum Gasteiger partial charge on any atom is -0.0888 e. The molecule has 0 amide bonds. The van der Waals surface area contributed by atoms with E-state index in [9.17, 15) is 0 Å². The predicted molar refractivity (Wildman–Crippen MR) is 91.0 cm³/mol. The van der Waals surface area contributed by atoms with Gasteiger partial charge in [0.25, 0.3) is 0 Å². The Hall–Kier alpha value is 0.480. The summed E-state index contributed by atoms with van der Waals surface area (Å²) < 4.78 is 0. The Kier molecular flexibility index (Phi) is 9.45. The van der Waals surface area contributed by atoms with Gasteiger partial charge in [-0.15, -0.1) is 0 Å². The minimum atomic E-state index is 0.808. The Labute approximate surface area is 130 Å². The van der Waals surface area contributed by atoms with Crippen molar-refractivity contribution in [3.05, 3.63) is 0 Å². The van der Waals surface area contributed by atoms with Crippen molar-refractivity contribution in [2.45, 2.75) is 96.2 Å². The molecule has 1 saturated carbocycles. The molecule has 19 heavy (non-hydrogen) atoms. The second-order valence-corrected chi connectivity index (χ2v) is 8.18. The molecule has 0 aliphatic heterocycles. The molecule has 3 unspecified atom stereocenters. The highest BCUT2D eigenvalue weighted by Gasteiger charge is 2.29. The summed E-state index contributed by atoms with van der Waals surface area (Å²) in [6.07, 6.45) is 15.9. The summed E-state index contributed by atoms with van der Waals surface area (Å²) in [6, 6.07) is 0. The second kappa shape index (κ2) is 10.2. The molecule has 1 aliphatic carbocycles. The molecular formula is C18H35Br. The molecule has 0 N–H and O–H groups in total. The van der Waals surface area contributed by atoms with Gasteiger partial charge in [-0.05, 0) is 43.4 Å². The van der Waals surface area contributed by atoms with E-state index < -0.39 is 0 Å². The van der Waals surface area contributed by atoms with Gasteiger partial charge in [0.05, 0.1) is 0 Å². The fourth-order valence-electron chi connectivity index (χ4n) is 3.53. The van der Waals surface area contributed by atoms with E-state index in [2.05, 4.69) is 36.7 Å². The summed E-state index contributed by atoms with van der Waals surface area (Å²) in [6.45, 7) is 7.11. The van der Waals surface area contributed by atoms with Gasteiger partial charge in [0, 0.05) is 4.83 Å². The quantitative estimate of drug-likeness (QED) is 0.316.